The van der Waals surface area contributed by atoms with Crippen molar-refractivity contribution >= 4 is 28.3 Å². The summed E-state index contributed by atoms with van der Waals surface area (Å²) < 4.78 is 1.35. The second-order valence-corrected chi connectivity index (χ2v) is 5.65. The summed E-state index contributed by atoms with van der Waals surface area (Å²) in [6.45, 7) is 2.30. The molecule has 2 aromatic heterocycles. The molecule has 23 heavy (non-hydrogen) atoms. The standard InChI is InChI=1S/C14H17N5O3S/c1-10(20)17-14-18-11(9-23-14)8-12(21)15-5-3-7-19-13(22)4-2-6-16-19/h2,4,6,9H,3,5,7-8H2,1H3,(H,15,21)(H,17,18,20). The molecule has 2 N–H and O–H groups in total. The summed E-state index contributed by atoms with van der Waals surface area (Å²) in [5.74, 6) is -0.349. The highest BCUT2D eigenvalue weighted by atomic mass is 32.1. The third-order valence-electron chi connectivity index (χ3n) is 2.83. The van der Waals surface area contributed by atoms with Crippen molar-refractivity contribution in [2.45, 2.75) is 26.3 Å². The van der Waals surface area contributed by atoms with Crippen LogP contribution in [0.2, 0.25) is 0 Å². The van der Waals surface area contributed by atoms with Crippen LogP contribution in [0.3, 0.4) is 0 Å². The second kappa shape index (κ2) is 8.18. The van der Waals surface area contributed by atoms with E-state index in [1.807, 2.05) is 0 Å². The molecule has 2 aromatic rings. The minimum absolute atomic E-state index is 0.152. The summed E-state index contributed by atoms with van der Waals surface area (Å²) in [4.78, 5) is 38.3. The Hall–Kier alpha value is -2.55. The zero-order valence-electron chi connectivity index (χ0n) is 12.6. The van der Waals surface area contributed by atoms with Gasteiger partial charge in [-0.3, -0.25) is 14.4 Å². The predicted molar refractivity (Wildman–Crippen MR) is 86.2 cm³/mol. The summed E-state index contributed by atoms with van der Waals surface area (Å²) in [6, 6.07) is 3.03. The van der Waals surface area contributed by atoms with Gasteiger partial charge >= 0.3 is 0 Å². The maximum absolute atomic E-state index is 11.8. The number of nitrogens with zero attached hydrogens (tertiary/aromatic N) is 3. The molecule has 2 rings (SSSR count). The van der Waals surface area contributed by atoms with Gasteiger partial charge in [-0.2, -0.15) is 5.10 Å². The fraction of sp³-hybridized carbons (Fsp3) is 0.357. The third-order valence-corrected chi connectivity index (χ3v) is 3.64. The van der Waals surface area contributed by atoms with Crippen molar-refractivity contribution in [3.05, 3.63) is 39.8 Å². The van der Waals surface area contributed by atoms with Crippen LogP contribution in [-0.4, -0.2) is 33.1 Å². The highest BCUT2D eigenvalue weighted by Gasteiger charge is 2.08. The van der Waals surface area contributed by atoms with Gasteiger partial charge in [0, 0.05) is 37.7 Å². The van der Waals surface area contributed by atoms with Gasteiger partial charge in [-0.25, -0.2) is 9.67 Å². The molecule has 122 valence electrons. The molecule has 0 unspecified atom stereocenters. The topological polar surface area (TPSA) is 106 Å². The number of hydrogen-bond donors (Lipinski definition) is 2. The molecule has 8 nitrogen and oxygen atoms in total. The van der Waals surface area contributed by atoms with Crippen LogP contribution < -0.4 is 16.2 Å². The van der Waals surface area contributed by atoms with E-state index in [2.05, 4.69) is 20.7 Å². The van der Waals surface area contributed by atoms with E-state index in [0.717, 1.165) is 0 Å². The summed E-state index contributed by atoms with van der Waals surface area (Å²) in [7, 11) is 0. The minimum Gasteiger partial charge on any atom is -0.356 e. The summed E-state index contributed by atoms with van der Waals surface area (Å²) in [6.07, 6.45) is 2.31. The van der Waals surface area contributed by atoms with Crippen LogP contribution >= 0.6 is 11.3 Å². The molecule has 0 fully saturated rings. The first-order chi connectivity index (χ1) is 11.0. The van der Waals surface area contributed by atoms with Gasteiger partial charge in [-0.1, -0.05) is 0 Å². The maximum atomic E-state index is 11.8. The number of amides is 2. The number of carbonyl (C=O) groups is 2. The first-order valence-electron chi connectivity index (χ1n) is 7.05. The maximum Gasteiger partial charge on any atom is 0.266 e. The molecule has 2 heterocycles. The third kappa shape index (κ3) is 5.62. The number of thiazole rings is 1. The Bertz CT molecular complexity index is 740. The molecule has 0 saturated carbocycles. The Kier molecular flexibility index (Phi) is 5.98. The lowest BCUT2D eigenvalue weighted by atomic mass is 10.3. The summed E-state index contributed by atoms with van der Waals surface area (Å²) in [5.41, 5.74) is 0.448. The largest absolute Gasteiger partial charge is 0.356 e. The SMILES string of the molecule is CC(=O)Nc1nc(CC(=O)NCCCn2ncccc2=O)cs1. The average molecular weight is 335 g/mol. The minimum atomic E-state index is -0.194. The highest BCUT2D eigenvalue weighted by Crippen LogP contribution is 2.15. The molecule has 0 aliphatic rings. The average Bonchev–Trinajstić information content (AvgIpc) is 2.91. The normalized spacial score (nSPS) is 10.3. The van der Waals surface area contributed by atoms with Crippen LogP contribution in [0.5, 0.6) is 0 Å². The van der Waals surface area contributed by atoms with Crippen molar-refractivity contribution in [1.29, 1.82) is 0 Å². The van der Waals surface area contributed by atoms with E-state index in [-0.39, 0.29) is 23.8 Å². The first kappa shape index (κ1) is 16.8. The number of aromatic nitrogens is 3. The Balaban J connectivity index is 1.71. The van der Waals surface area contributed by atoms with E-state index in [1.54, 1.807) is 17.6 Å². The molecule has 0 radical (unpaired) electrons. The zero-order valence-corrected chi connectivity index (χ0v) is 13.4. The number of hydrogen-bond acceptors (Lipinski definition) is 6. The molecule has 0 aromatic carbocycles. The van der Waals surface area contributed by atoms with E-state index in [9.17, 15) is 14.4 Å². The predicted octanol–water partition coefficient (Wildman–Crippen LogP) is 0.407. The molecule has 0 saturated heterocycles. The van der Waals surface area contributed by atoms with Crippen molar-refractivity contribution < 1.29 is 9.59 Å². The van der Waals surface area contributed by atoms with Gasteiger partial charge in [0.15, 0.2) is 5.13 Å². The van der Waals surface area contributed by atoms with Gasteiger partial charge in [0.1, 0.15) is 0 Å². The quantitative estimate of drug-likeness (QED) is 0.713. The van der Waals surface area contributed by atoms with Crippen LogP contribution in [0.25, 0.3) is 0 Å². The van der Waals surface area contributed by atoms with Crippen molar-refractivity contribution in [3.8, 4) is 0 Å². The smallest absolute Gasteiger partial charge is 0.266 e. The van der Waals surface area contributed by atoms with Crippen LogP contribution in [0.1, 0.15) is 19.0 Å². The lowest BCUT2D eigenvalue weighted by Crippen LogP contribution is -2.28. The monoisotopic (exact) mass is 335 g/mol. The molecule has 0 aliphatic heterocycles. The van der Waals surface area contributed by atoms with Crippen LogP contribution in [0.15, 0.2) is 28.5 Å². The molecule has 0 bridgehead atoms. The molecular formula is C14H17N5O3S. The molecule has 2 amide bonds. The molecule has 0 spiro atoms. The van der Waals surface area contributed by atoms with Gasteiger partial charge in [0.25, 0.3) is 5.56 Å². The number of anilines is 1. The Morgan fingerprint density at radius 3 is 2.96 bits per heavy atom. The number of aryl methyl sites for hydroxylation is 1. The van der Waals surface area contributed by atoms with Crippen molar-refractivity contribution in [1.82, 2.24) is 20.1 Å². The van der Waals surface area contributed by atoms with Gasteiger partial charge in [-0.05, 0) is 12.5 Å². The van der Waals surface area contributed by atoms with E-state index < -0.39 is 0 Å². The molecule has 9 heteroatoms. The zero-order chi connectivity index (χ0) is 16.7. The number of rotatable bonds is 7. The summed E-state index contributed by atoms with van der Waals surface area (Å²) in [5, 5.41) is 11.5. The van der Waals surface area contributed by atoms with E-state index in [0.29, 0.717) is 30.3 Å². The molecular weight excluding hydrogens is 318 g/mol. The lowest BCUT2D eigenvalue weighted by Gasteiger charge is -2.05. The fourth-order valence-corrected chi connectivity index (χ4v) is 2.59. The van der Waals surface area contributed by atoms with Crippen molar-refractivity contribution in [2.75, 3.05) is 11.9 Å². The first-order valence-corrected chi connectivity index (χ1v) is 7.93. The van der Waals surface area contributed by atoms with Crippen molar-refractivity contribution in [2.24, 2.45) is 0 Å². The van der Waals surface area contributed by atoms with Crippen LogP contribution in [0, 0.1) is 0 Å². The summed E-state index contributed by atoms with van der Waals surface area (Å²) >= 11 is 1.28. The lowest BCUT2D eigenvalue weighted by molar-refractivity contribution is -0.120. The van der Waals surface area contributed by atoms with Crippen LogP contribution in [0.4, 0.5) is 5.13 Å². The second-order valence-electron chi connectivity index (χ2n) is 4.79. The Morgan fingerprint density at radius 2 is 2.22 bits per heavy atom. The Morgan fingerprint density at radius 1 is 1.39 bits per heavy atom. The highest BCUT2D eigenvalue weighted by molar-refractivity contribution is 7.13. The van der Waals surface area contributed by atoms with Gasteiger partial charge in [0.05, 0.1) is 12.1 Å². The van der Waals surface area contributed by atoms with Gasteiger partial charge in [-0.15, -0.1) is 11.3 Å². The molecule has 0 atom stereocenters. The van der Waals surface area contributed by atoms with Gasteiger partial charge < -0.3 is 10.6 Å². The fourth-order valence-electron chi connectivity index (χ4n) is 1.83. The molecule has 0 aliphatic carbocycles. The van der Waals surface area contributed by atoms with Gasteiger partial charge in [0.2, 0.25) is 11.8 Å². The number of nitrogens with one attached hydrogen (secondary N) is 2. The Labute approximate surface area is 136 Å². The van der Waals surface area contributed by atoms with Crippen LogP contribution in [-0.2, 0) is 22.6 Å². The number of carbonyl (C=O) groups excluding carboxylic acids is 2. The van der Waals surface area contributed by atoms with E-state index >= 15 is 0 Å². The van der Waals surface area contributed by atoms with E-state index in [4.69, 9.17) is 0 Å². The van der Waals surface area contributed by atoms with E-state index in [1.165, 1.54) is 29.0 Å². The van der Waals surface area contributed by atoms with Crippen molar-refractivity contribution in [3.63, 3.8) is 0 Å².